The maximum absolute atomic E-state index is 11.4. The van der Waals surface area contributed by atoms with Gasteiger partial charge in [-0.05, 0) is 25.5 Å². The minimum absolute atomic E-state index is 0.167. The minimum atomic E-state index is -0.167. The van der Waals surface area contributed by atoms with Crippen molar-refractivity contribution in [2.45, 2.75) is 26.7 Å². The third-order valence-corrected chi connectivity index (χ3v) is 4.16. The first-order valence-electron chi connectivity index (χ1n) is 7.01. The molecule has 112 valence electrons. The highest BCUT2D eigenvalue weighted by atomic mass is 32.1. The Morgan fingerprint density at radius 1 is 1.38 bits per heavy atom. The molecule has 0 radical (unpaired) electrons. The quantitative estimate of drug-likeness (QED) is 0.763. The maximum Gasteiger partial charge on any atom is 0.306 e. The summed E-state index contributed by atoms with van der Waals surface area (Å²) in [5.41, 5.74) is 3.29. The summed E-state index contributed by atoms with van der Waals surface area (Å²) in [5.74, 6) is -0.167. The van der Waals surface area contributed by atoms with E-state index in [1.807, 2.05) is 31.5 Å². The molecule has 2 aromatic rings. The third-order valence-electron chi connectivity index (χ3n) is 3.19. The van der Waals surface area contributed by atoms with E-state index in [-0.39, 0.29) is 5.97 Å². The van der Waals surface area contributed by atoms with Crippen LogP contribution in [-0.2, 0) is 16.0 Å². The second-order valence-electron chi connectivity index (χ2n) is 4.77. The van der Waals surface area contributed by atoms with Gasteiger partial charge in [0.2, 0.25) is 0 Å². The van der Waals surface area contributed by atoms with Crippen LogP contribution in [0, 0.1) is 6.92 Å². The van der Waals surface area contributed by atoms with Gasteiger partial charge in [0.1, 0.15) is 0 Å². The smallest absolute Gasteiger partial charge is 0.306 e. The summed E-state index contributed by atoms with van der Waals surface area (Å²) in [5, 5.41) is 2.94. The fraction of sp³-hybridized carbons (Fsp3) is 0.375. The average Bonchev–Trinajstić information content (AvgIpc) is 2.94. The monoisotopic (exact) mass is 304 g/mol. The lowest BCUT2D eigenvalue weighted by atomic mass is 10.2. The molecule has 0 unspecified atom stereocenters. The Morgan fingerprint density at radius 3 is 2.86 bits per heavy atom. The standard InChI is InChI=1S/C16H20N2O2S/c1-4-20-15(19)10-9-13-11-21-16(17-13)18(3)14-8-6-5-7-12(14)2/h5-8,11H,4,9-10H2,1-3H3. The van der Waals surface area contributed by atoms with Gasteiger partial charge in [-0.2, -0.15) is 0 Å². The van der Waals surface area contributed by atoms with Gasteiger partial charge >= 0.3 is 5.97 Å². The Kier molecular flexibility index (Phi) is 5.33. The van der Waals surface area contributed by atoms with Gasteiger partial charge in [0.25, 0.3) is 0 Å². The van der Waals surface area contributed by atoms with E-state index < -0.39 is 0 Å². The highest BCUT2D eigenvalue weighted by Gasteiger charge is 2.12. The van der Waals surface area contributed by atoms with Crippen LogP contribution < -0.4 is 4.90 Å². The van der Waals surface area contributed by atoms with Crippen molar-refractivity contribution in [3.05, 3.63) is 40.9 Å². The number of carbonyl (C=O) groups is 1. The van der Waals surface area contributed by atoms with Gasteiger partial charge in [0.15, 0.2) is 5.13 Å². The van der Waals surface area contributed by atoms with Crippen molar-refractivity contribution in [2.24, 2.45) is 0 Å². The molecular weight excluding hydrogens is 284 g/mol. The number of ether oxygens (including phenoxy) is 1. The SMILES string of the molecule is CCOC(=O)CCc1csc(N(C)c2ccccc2C)n1. The summed E-state index contributed by atoms with van der Waals surface area (Å²) >= 11 is 1.59. The Balaban J connectivity index is 2.02. The Labute approximate surface area is 129 Å². The van der Waals surface area contributed by atoms with E-state index >= 15 is 0 Å². The van der Waals surface area contributed by atoms with Gasteiger partial charge in [0.05, 0.1) is 18.7 Å². The lowest BCUT2D eigenvalue weighted by molar-refractivity contribution is -0.143. The first-order valence-corrected chi connectivity index (χ1v) is 7.89. The van der Waals surface area contributed by atoms with E-state index in [1.54, 1.807) is 11.3 Å². The molecule has 0 fully saturated rings. The predicted molar refractivity (Wildman–Crippen MR) is 86.3 cm³/mol. The number of benzene rings is 1. The molecule has 0 spiro atoms. The number of esters is 1. The number of rotatable bonds is 6. The number of anilines is 2. The van der Waals surface area contributed by atoms with Gasteiger partial charge in [-0.3, -0.25) is 4.79 Å². The Morgan fingerprint density at radius 2 is 2.14 bits per heavy atom. The van der Waals surface area contributed by atoms with Crippen molar-refractivity contribution in [1.29, 1.82) is 0 Å². The van der Waals surface area contributed by atoms with Crippen molar-refractivity contribution in [1.82, 2.24) is 4.98 Å². The molecule has 0 aliphatic carbocycles. The van der Waals surface area contributed by atoms with Crippen LogP contribution >= 0.6 is 11.3 Å². The second-order valence-corrected chi connectivity index (χ2v) is 5.61. The minimum Gasteiger partial charge on any atom is -0.466 e. The van der Waals surface area contributed by atoms with Gasteiger partial charge in [-0.1, -0.05) is 18.2 Å². The first-order chi connectivity index (χ1) is 10.1. The zero-order valence-electron chi connectivity index (χ0n) is 12.6. The Bertz CT molecular complexity index is 610. The van der Waals surface area contributed by atoms with Crippen molar-refractivity contribution < 1.29 is 9.53 Å². The topological polar surface area (TPSA) is 42.4 Å². The summed E-state index contributed by atoms with van der Waals surface area (Å²) in [7, 11) is 2.01. The molecule has 0 aliphatic rings. The fourth-order valence-corrected chi connectivity index (χ4v) is 2.91. The van der Waals surface area contributed by atoms with Gasteiger partial charge < -0.3 is 9.64 Å². The Hall–Kier alpha value is -1.88. The number of hydrogen-bond donors (Lipinski definition) is 0. The largest absolute Gasteiger partial charge is 0.466 e. The molecule has 0 aliphatic heterocycles. The zero-order chi connectivity index (χ0) is 15.2. The van der Waals surface area contributed by atoms with Crippen LogP contribution in [-0.4, -0.2) is 24.6 Å². The molecule has 0 saturated carbocycles. The number of nitrogens with zero attached hydrogens (tertiary/aromatic N) is 2. The zero-order valence-corrected chi connectivity index (χ0v) is 13.4. The maximum atomic E-state index is 11.4. The summed E-state index contributed by atoms with van der Waals surface area (Å²) in [6, 6.07) is 8.21. The summed E-state index contributed by atoms with van der Waals surface area (Å²) in [4.78, 5) is 18.0. The molecule has 1 aromatic heterocycles. The lowest BCUT2D eigenvalue weighted by Gasteiger charge is -2.18. The summed E-state index contributed by atoms with van der Waals surface area (Å²) < 4.78 is 4.93. The highest BCUT2D eigenvalue weighted by molar-refractivity contribution is 7.13. The van der Waals surface area contributed by atoms with Crippen LogP contribution in [0.25, 0.3) is 0 Å². The molecule has 0 amide bonds. The normalized spacial score (nSPS) is 10.4. The molecule has 1 heterocycles. The van der Waals surface area contributed by atoms with E-state index in [1.165, 1.54) is 5.56 Å². The fourth-order valence-electron chi connectivity index (χ4n) is 2.07. The van der Waals surface area contributed by atoms with Gasteiger partial charge in [-0.25, -0.2) is 4.98 Å². The van der Waals surface area contributed by atoms with Gasteiger partial charge in [-0.15, -0.1) is 11.3 Å². The van der Waals surface area contributed by atoms with Crippen molar-refractivity contribution >= 4 is 28.1 Å². The number of carbonyl (C=O) groups excluding carboxylic acids is 1. The predicted octanol–water partition coefficient (Wildman–Crippen LogP) is 3.72. The van der Waals surface area contributed by atoms with E-state index in [0.717, 1.165) is 16.5 Å². The van der Waals surface area contributed by atoms with E-state index in [9.17, 15) is 4.79 Å². The second kappa shape index (κ2) is 7.22. The van der Waals surface area contributed by atoms with Crippen LogP contribution in [0.15, 0.2) is 29.6 Å². The van der Waals surface area contributed by atoms with E-state index in [4.69, 9.17) is 4.74 Å². The lowest BCUT2D eigenvalue weighted by Crippen LogP contribution is -2.10. The molecule has 0 saturated heterocycles. The van der Waals surface area contributed by atoms with Crippen LogP contribution in [0.4, 0.5) is 10.8 Å². The van der Waals surface area contributed by atoms with Crippen LogP contribution in [0.1, 0.15) is 24.6 Å². The number of thiazole rings is 1. The molecule has 2 rings (SSSR count). The van der Waals surface area contributed by atoms with Crippen molar-refractivity contribution in [3.63, 3.8) is 0 Å². The molecule has 0 N–H and O–H groups in total. The molecule has 0 bridgehead atoms. The number of aromatic nitrogens is 1. The third kappa shape index (κ3) is 4.04. The van der Waals surface area contributed by atoms with Crippen LogP contribution in [0.3, 0.4) is 0 Å². The van der Waals surface area contributed by atoms with Crippen LogP contribution in [0.2, 0.25) is 0 Å². The van der Waals surface area contributed by atoms with Crippen molar-refractivity contribution in [2.75, 3.05) is 18.6 Å². The van der Waals surface area contributed by atoms with Crippen LogP contribution in [0.5, 0.6) is 0 Å². The number of aryl methyl sites for hydroxylation is 2. The first kappa shape index (κ1) is 15.5. The van der Waals surface area contributed by atoms with Gasteiger partial charge in [0, 0.05) is 24.5 Å². The average molecular weight is 304 g/mol. The molecule has 4 nitrogen and oxygen atoms in total. The summed E-state index contributed by atoms with van der Waals surface area (Å²) in [6.07, 6.45) is 1.00. The number of para-hydroxylation sites is 1. The molecular formula is C16H20N2O2S. The highest BCUT2D eigenvalue weighted by Crippen LogP contribution is 2.29. The van der Waals surface area contributed by atoms with E-state index in [2.05, 4.69) is 28.9 Å². The summed E-state index contributed by atoms with van der Waals surface area (Å²) in [6.45, 7) is 4.33. The molecule has 21 heavy (non-hydrogen) atoms. The molecule has 5 heteroatoms. The van der Waals surface area contributed by atoms with Crippen molar-refractivity contribution in [3.8, 4) is 0 Å². The number of hydrogen-bond acceptors (Lipinski definition) is 5. The molecule has 0 atom stereocenters. The van der Waals surface area contributed by atoms with E-state index in [0.29, 0.717) is 19.4 Å². The molecule has 1 aromatic carbocycles.